The van der Waals surface area contributed by atoms with Crippen LogP contribution in [0.15, 0.2) is 54.2 Å². The Morgan fingerprint density at radius 3 is 2.38 bits per heavy atom. The van der Waals surface area contributed by atoms with Gasteiger partial charge in [-0.15, -0.1) is 11.3 Å². The van der Waals surface area contributed by atoms with Crippen LogP contribution in [0.4, 0.5) is 4.79 Å². The van der Waals surface area contributed by atoms with Crippen LogP contribution in [-0.2, 0) is 25.6 Å². The standard InChI is InChI=1S/C25H31N5O6S/c1-16(21(31)29-17(2)24(33)35-3)28-22(32)20-15-37-23(30-20)19-10-8-18(9-11-19)14-27-25(34)36-13-7-5-4-6-12-26/h8-11,15H,1-2,4-7,12-14,26H2,3H3,(H,27,34)(H,28,32)(H,29,31). The van der Waals surface area contributed by atoms with Crippen molar-refractivity contribution in [3.8, 4) is 10.6 Å². The molecule has 37 heavy (non-hydrogen) atoms. The Morgan fingerprint density at radius 1 is 1.00 bits per heavy atom. The van der Waals surface area contributed by atoms with Crippen LogP contribution in [0.2, 0.25) is 0 Å². The number of nitrogens with zero attached hydrogens (tertiary/aromatic N) is 1. The summed E-state index contributed by atoms with van der Waals surface area (Å²) in [5, 5.41) is 9.36. The molecule has 0 atom stereocenters. The molecule has 12 heteroatoms. The summed E-state index contributed by atoms with van der Waals surface area (Å²) in [6.07, 6.45) is 3.32. The van der Waals surface area contributed by atoms with Crippen LogP contribution in [0.3, 0.4) is 0 Å². The van der Waals surface area contributed by atoms with E-state index in [1.54, 1.807) is 5.38 Å². The number of thiazole rings is 1. The zero-order valence-electron chi connectivity index (χ0n) is 20.6. The van der Waals surface area contributed by atoms with Gasteiger partial charge in [0.05, 0.1) is 19.4 Å². The highest BCUT2D eigenvalue weighted by Gasteiger charge is 2.18. The predicted octanol–water partition coefficient (Wildman–Crippen LogP) is 2.60. The van der Waals surface area contributed by atoms with Crippen molar-refractivity contribution in [2.45, 2.75) is 32.2 Å². The fourth-order valence-corrected chi connectivity index (χ4v) is 3.72. The average molecular weight is 530 g/mol. The molecule has 0 fully saturated rings. The van der Waals surface area contributed by atoms with Crippen LogP contribution < -0.4 is 21.7 Å². The Morgan fingerprint density at radius 2 is 1.70 bits per heavy atom. The average Bonchev–Trinajstić information content (AvgIpc) is 3.39. The molecule has 2 rings (SSSR count). The number of nitrogens with one attached hydrogen (secondary N) is 3. The smallest absolute Gasteiger partial charge is 0.407 e. The lowest BCUT2D eigenvalue weighted by Crippen LogP contribution is -2.35. The minimum Gasteiger partial charge on any atom is -0.464 e. The Balaban J connectivity index is 1.82. The summed E-state index contributed by atoms with van der Waals surface area (Å²) in [4.78, 5) is 51.9. The number of aromatic nitrogens is 1. The van der Waals surface area contributed by atoms with Crippen molar-refractivity contribution >= 4 is 35.2 Å². The number of hydrogen-bond donors (Lipinski definition) is 4. The highest BCUT2D eigenvalue weighted by atomic mass is 32.1. The molecule has 0 radical (unpaired) electrons. The van der Waals surface area contributed by atoms with Gasteiger partial charge < -0.3 is 31.2 Å². The summed E-state index contributed by atoms with van der Waals surface area (Å²) in [5.41, 5.74) is 6.61. The number of esters is 1. The molecule has 5 N–H and O–H groups in total. The Kier molecular flexibility index (Phi) is 12.0. The summed E-state index contributed by atoms with van der Waals surface area (Å²) in [5.74, 6) is -2.26. The number of carbonyl (C=O) groups excluding carboxylic acids is 4. The third kappa shape index (κ3) is 9.86. The number of amides is 3. The number of nitrogens with two attached hydrogens (primary N) is 1. The first-order valence-corrected chi connectivity index (χ1v) is 12.4. The lowest BCUT2D eigenvalue weighted by atomic mass is 10.1. The fourth-order valence-electron chi connectivity index (χ4n) is 2.91. The van der Waals surface area contributed by atoms with Gasteiger partial charge in [-0.25, -0.2) is 14.6 Å². The van der Waals surface area contributed by atoms with Crippen molar-refractivity contribution in [3.05, 3.63) is 65.5 Å². The first-order valence-electron chi connectivity index (χ1n) is 11.5. The van der Waals surface area contributed by atoms with Crippen LogP contribution >= 0.6 is 11.3 Å². The lowest BCUT2D eigenvalue weighted by molar-refractivity contribution is -0.137. The van der Waals surface area contributed by atoms with E-state index in [1.807, 2.05) is 24.3 Å². The summed E-state index contributed by atoms with van der Waals surface area (Å²) in [6.45, 7) is 8.21. The third-order valence-electron chi connectivity index (χ3n) is 4.94. The minimum atomic E-state index is -0.817. The Bertz CT molecular complexity index is 1130. The van der Waals surface area contributed by atoms with E-state index in [9.17, 15) is 19.2 Å². The van der Waals surface area contributed by atoms with Gasteiger partial charge in [-0.3, -0.25) is 9.59 Å². The van der Waals surface area contributed by atoms with E-state index in [1.165, 1.54) is 11.3 Å². The molecule has 1 aromatic heterocycles. The molecule has 198 valence electrons. The van der Waals surface area contributed by atoms with Crippen molar-refractivity contribution in [1.82, 2.24) is 20.9 Å². The normalized spacial score (nSPS) is 10.2. The van der Waals surface area contributed by atoms with E-state index in [0.29, 0.717) is 24.7 Å². The van der Waals surface area contributed by atoms with E-state index < -0.39 is 23.9 Å². The second kappa shape index (κ2) is 15.2. The summed E-state index contributed by atoms with van der Waals surface area (Å²) in [7, 11) is 1.14. The van der Waals surface area contributed by atoms with Crippen molar-refractivity contribution in [2.75, 3.05) is 20.3 Å². The maximum absolute atomic E-state index is 12.4. The molecule has 1 heterocycles. The van der Waals surface area contributed by atoms with Crippen LogP contribution in [0.1, 0.15) is 41.7 Å². The van der Waals surface area contributed by atoms with Crippen LogP contribution in [-0.4, -0.2) is 49.1 Å². The number of hydrogen-bond acceptors (Lipinski definition) is 9. The highest BCUT2D eigenvalue weighted by molar-refractivity contribution is 7.13. The van der Waals surface area contributed by atoms with Gasteiger partial charge in [-0.2, -0.15) is 0 Å². The molecule has 3 amide bonds. The minimum absolute atomic E-state index is 0.0947. The SMILES string of the molecule is C=C(NC(=O)c1csc(-c2ccc(CNC(=O)OCCCCCCN)cc2)n1)C(=O)NC(=C)C(=O)OC. The number of unbranched alkanes of at least 4 members (excludes halogenated alkanes) is 3. The molecule has 11 nitrogen and oxygen atoms in total. The monoisotopic (exact) mass is 529 g/mol. The number of carbonyl (C=O) groups is 4. The molecule has 0 bridgehead atoms. The van der Waals surface area contributed by atoms with E-state index in [4.69, 9.17) is 10.5 Å². The summed E-state index contributed by atoms with van der Waals surface area (Å²) in [6, 6.07) is 7.32. The van der Waals surface area contributed by atoms with Crippen LogP contribution in [0.5, 0.6) is 0 Å². The van der Waals surface area contributed by atoms with Gasteiger partial charge in [-0.1, -0.05) is 50.3 Å². The van der Waals surface area contributed by atoms with Gasteiger partial charge in [0.15, 0.2) is 0 Å². The topological polar surface area (TPSA) is 162 Å². The fraction of sp³-hybridized carbons (Fsp3) is 0.320. The number of ether oxygens (including phenoxy) is 2. The molecule has 0 unspecified atom stereocenters. The predicted molar refractivity (Wildman–Crippen MR) is 139 cm³/mol. The molecule has 0 aliphatic heterocycles. The van der Waals surface area contributed by atoms with E-state index in [-0.39, 0.29) is 17.1 Å². The Hall–Kier alpha value is -4.03. The summed E-state index contributed by atoms with van der Waals surface area (Å²) < 4.78 is 9.60. The van der Waals surface area contributed by atoms with E-state index in [2.05, 4.69) is 38.8 Å². The van der Waals surface area contributed by atoms with Crippen LogP contribution in [0, 0.1) is 0 Å². The number of benzene rings is 1. The van der Waals surface area contributed by atoms with Gasteiger partial charge in [0, 0.05) is 17.5 Å². The largest absolute Gasteiger partial charge is 0.464 e. The molecule has 0 aliphatic carbocycles. The Labute approximate surface area is 219 Å². The maximum atomic E-state index is 12.4. The zero-order valence-corrected chi connectivity index (χ0v) is 21.4. The molecule has 1 aromatic carbocycles. The van der Waals surface area contributed by atoms with Crippen molar-refractivity contribution < 1.29 is 28.7 Å². The van der Waals surface area contributed by atoms with Crippen molar-refractivity contribution in [1.29, 1.82) is 0 Å². The molecule has 0 saturated carbocycles. The molecule has 0 aliphatic rings. The zero-order chi connectivity index (χ0) is 27.2. The molecule has 2 aromatic rings. The van der Waals surface area contributed by atoms with Gasteiger partial charge >= 0.3 is 12.1 Å². The van der Waals surface area contributed by atoms with Crippen LogP contribution in [0.25, 0.3) is 10.6 Å². The second-order valence-electron chi connectivity index (χ2n) is 7.78. The van der Waals surface area contributed by atoms with Gasteiger partial charge in [0.1, 0.15) is 16.4 Å². The van der Waals surface area contributed by atoms with Gasteiger partial charge in [0.2, 0.25) is 0 Å². The van der Waals surface area contributed by atoms with E-state index >= 15 is 0 Å². The first kappa shape index (κ1) is 29.2. The number of methoxy groups -OCH3 is 1. The first-order chi connectivity index (χ1) is 17.7. The third-order valence-corrected chi connectivity index (χ3v) is 5.83. The maximum Gasteiger partial charge on any atom is 0.407 e. The van der Waals surface area contributed by atoms with Gasteiger partial charge in [-0.05, 0) is 24.9 Å². The van der Waals surface area contributed by atoms with Crippen molar-refractivity contribution in [3.63, 3.8) is 0 Å². The molecule has 0 saturated heterocycles. The number of alkyl carbamates (subject to hydrolysis) is 1. The molecular weight excluding hydrogens is 498 g/mol. The highest BCUT2D eigenvalue weighted by Crippen LogP contribution is 2.24. The lowest BCUT2D eigenvalue weighted by Gasteiger charge is -2.09. The molecular formula is C25H31N5O6S. The summed E-state index contributed by atoms with van der Waals surface area (Å²) >= 11 is 1.25. The second-order valence-corrected chi connectivity index (χ2v) is 8.64. The van der Waals surface area contributed by atoms with E-state index in [0.717, 1.165) is 43.9 Å². The van der Waals surface area contributed by atoms with Crippen molar-refractivity contribution in [2.24, 2.45) is 5.73 Å². The molecule has 0 spiro atoms. The van der Waals surface area contributed by atoms with Gasteiger partial charge in [0.25, 0.3) is 11.8 Å². The quantitative estimate of drug-likeness (QED) is 0.165. The number of rotatable bonds is 14.